The maximum absolute atomic E-state index is 5.38. The van der Waals surface area contributed by atoms with Gasteiger partial charge in [-0.1, -0.05) is 182 Å². The lowest BCUT2D eigenvalue weighted by molar-refractivity contribution is 0.169. The van der Waals surface area contributed by atoms with Gasteiger partial charge >= 0.3 is 0 Å². The van der Waals surface area contributed by atoms with Crippen molar-refractivity contribution < 1.29 is 4.84 Å². The van der Waals surface area contributed by atoms with E-state index >= 15 is 0 Å². The summed E-state index contributed by atoms with van der Waals surface area (Å²) in [5.41, 5.74) is 27.4. The molecule has 0 radical (unpaired) electrons. The third-order valence-corrected chi connectivity index (χ3v) is 23.1. The molecular formula is C108H138N20O. The quantitative estimate of drug-likeness (QED) is 0.111. The van der Waals surface area contributed by atoms with Crippen LogP contribution in [0.1, 0.15) is 262 Å². The predicted octanol–water partition coefficient (Wildman–Crippen LogP) is 27.1. The third kappa shape index (κ3) is 23.9. The summed E-state index contributed by atoms with van der Waals surface area (Å²) >= 11 is 0. The molecule has 0 aliphatic heterocycles. The van der Waals surface area contributed by atoms with E-state index in [0.717, 1.165) is 55.6 Å². The van der Waals surface area contributed by atoms with Crippen LogP contribution in [0.2, 0.25) is 0 Å². The first kappa shape index (κ1) is 97.9. The predicted molar refractivity (Wildman–Crippen MR) is 542 cm³/mol. The normalized spacial score (nSPS) is 11.2. The summed E-state index contributed by atoms with van der Waals surface area (Å²) in [6.45, 7) is 43.8. The Morgan fingerprint density at radius 1 is 0.256 bits per heavy atom. The Hall–Kier alpha value is -13.3. The molecule has 2 aromatic carbocycles. The molecule has 0 unspecified atom stereocenters. The second-order valence-electron chi connectivity index (χ2n) is 35.8. The number of aryl methyl sites for hydroxylation is 6. The summed E-state index contributed by atoms with van der Waals surface area (Å²) < 4.78 is 15.0. The molecule has 129 heavy (non-hydrogen) atoms. The number of fused-ring (bicyclic) bond motifs is 10. The monoisotopic (exact) mass is 1730 g/mol. The van der Waals surface area contributed by atoms with E-state index in [2.05, 4.69) is 380 Å². The van der Waals surface area contributed by atoms with Gasteiger partial charge in [-0.05, 0) is 198 Å². The van der Waals surface area contributed by atoms with Crippen molar-refractivity contribution in [3.63, 3.8) is 0 Å². The van der Waals surface area contributed by atoms with E-state index in [1.165, 1.54) is 111 Å². The maximum Gasteiger partial charge on any atom is 0.158 e. The molecule has 20 rings (SSSR count). The van der Waals surface area contributed by atoms with E-state index in [9.17, 15) is 0 Å². The molecule has 0 fully saturated rings. The van der Waals surface area contributed by atoms with Gasteiger partial charge in [0.15, 0.2) is 5.65 Å². The van der Waals surface area contributed by atoms with E-state index in [0.29, 0.717) is 59.2 Å². The number of rotatable bonds is 11. The summed E-state index contributed by atoms with van der Waals surface area (Å²) in [6, 6.07) is 58.8. The first-order valence-corrected chi connectivity index (χ1v) is 45.0. The lowest BCUT2D eigenvalue weighted by atomic mass is 10.1. The number of benzene rings is 2. The van der Waals surface area contributed by atoms with Crippen LogP contribution in [-0.4, -0.2) is 104 Å². The van der Waals surface area contributed by atoms with Gasteiger partial charge in [0.05, 0.1) is 45.0 Å². The molecule has 676 valence electrons. The van der Waals surface area contributed by atoms with Gasteiger partial charge in [0.1, 0.15) is 35.9 Å². The van der Waals surface area contributed by atoms with Crippen LogP contribution in [0.4, 0.5) is 0 Å². The molecule has 0 spiro atoms. The number of nitrogens with one attached hydrogen (secondary N) is 3. The minimum atomic E-state index is 0. The summed E-state index contributed by atoms with van der Waals surface area (Å²) in [7, 11) is 14.2. The lowest BCUT2D eigenvalue weighted by Gasteiger charge is -2.10. The van der Waals surface area contributed by atoms with E-state index in [-0.39, 0.29) is 7.43 Å². The Bertz CT molecular complexity index is 5970. The van der Waals surface area contributed by atoms with Crippen molar-refractivity contribution in [1.82, 2.24) is 96.9 Å². The molecule has 0 aliphatic carbocycles. The fraction of sp³-hybridized carbons (Fsp3) is 0.352. The summed E-state index contributed by atoms with van der Waals surface area (Å²) in [4.78, 5) is 57.5. The minimum Gasteiger partial charge on any atom is -0.417 e. The first-order valence-electron chi connectivity index (χ1n) is 45.0. The molecule has 18 aromatic heterocycles. The molecule has 0 amide bonds. The molecule has 21 nitrogen and oxygen atoms in total. The van der Waals surface area contributed by atoms with Crippen molar-refractivity contribution in [3.05, 3.63) is 301 Å². The molecule has 0 bridgehead atoms. The number of H-pyrrole nitrogens is 3. The molecule has 0 atom stereocenters. The fourth-order valence-corrected chi connectivity index (χ4v) is 16.0. The zero-order valence-electron chi connectivity index (χ0n) is 80.4. The molecule has 18 heterocycles. The molecule has 0 saturated heterocycles. The van der Waals surface area contributed by atoms with Crippen LogP contribution in [0.3, 0.4) is 0 Å². The Balaban J connectivity index is 0.000000149. The Morgan fingerprint density at radius 2 is 0.651 bits per heavy atom. The molecule has 21 heteroatoms. The second kappa shape index (κ2) is 44.9. The van der Waals surface area contributed by atoms with Gasteiger partial charge in [0, 0.05) is 199 Å². The van der Waals surface area contributed by atoms with Crippen LogP contribution < -0.4 is 4.84 Å². The van der Waals surface area contributed by atoms with Gasteiger partial charge in [-0.2, -0.15) is 4.73 Å². The van der Waals surface area contributed by atoms with Gasteiger partial charge in [-0.15, -0.1) is 0 Å². The SMILES string of the molecule is C.CC(C)c1cc2ccccc2n1C.CC(C)c1cc2cccnc2[nH]1.CC(C)c1cc2cccnc2n1C.CC(C)c1cc2ccncc2n1C.CC(C)c1cc2cnccc2[nH]1.CC(C)c1cc2cncnc2n1C.CC(C)c1cc2ncccc2[nH]1.CC(C)c1cc2ncccc2n1C.CC(C)c1cc2nccnc2n1C.COn1c(C(C)C)cc2ccccc21. The zero-order valence-corrected chi connectivity index (χ0v) is 80.4. The Morgan fingerprint density at radius 3 is 1.21 bits per heavy atom. The number of pyridine rings is 6. The van der Waals surface area contributed by atoms with Crippen molar-refractivity contribution in [2.24, 2.45) is 42.3 Å². The molecule has 0 aliphatic rings. The van der Waals surface area contributed by atoms with Gasteiger partial charge in [0.2, 0.25) is 0 Å². The average molecular weight is 1730 g/mol. The van der Waals surface area contributed by atoms with Crippen LogP contribution in [0.15, 0.2) is 244 Å². The van der Waals surface area contributed by atoms with Crippen molar-refractivity contribution in [3.8, 4) is 0 Å². The van der Waals surface area contributed by atoms with Crippen molar-refractivity contribution in [1.29, 1.82) is 0 Å². The van der Waals surface area contributed by atoms with Crippen molar-refractivity contribution in [2.75, 3.05) is 7.11 Å². The number of hydrogen-bond donors (Lipinski definition) is 3. The molecule has 20 aromatic rings. The van der Waals surface area contributed by atoms with Crippen LogP contribution in [-0.2, 0) is 42.3 Å². The fourth-order valence-electron chi connectivity index (χ4n) is 16.0. The van der Waals surface area contributed by atoms with Gasteiger partial charge in [-0.25, -0.2) is 24.9 Å². The van der Waals surface area contributed by atoms with E-state index < -0.39 is 0 Å². The van der Waals surface area contributed by atoms with Crippen LogP contribution >= 0.6 is 0 Å². The molecule has 3 N–H and O–H groups in total. The summed E-state index contributed by atoms with van der Waals surface area (Å²) in [5.74, 6) is 5.42. The van der Waals surface area contributed by atoms with E-state index in [1.807, 2.05) is 123 Å². The zero-order chi connectivity index (χ0) is 92.3. The van der Waals surface area contributed by atoms with Crippen molar-refractivity contribution >= 4 is 110 Å². The van der Waals surface area contributed by atoms with Gasteiger partial charge < -0.3 is 47.2 Å². The highest BCUT2D eigenvalue weighted by molar-refractivity contribution is 5.85. The smallest absolute Gasteiger partial charge is 0.158 e. The highest BCUT2D eigenvalue weighted by atomic mass is 16.6. The van der Waals surface area contributed by atoms with Gasteiger partial charge in [-0.3, -0.25) is 24.9 Å². The number of hydrogen-bond acceptors (Lipinski definition) is 11. The van der Waals surface area contributed by atoms with Gasteiger partial charge in [0.25, 0.3) is 0 Å². The largest absolute Gasteiger partial charge is 0.417 e. The average Bonchev–Trinajstić information content (AvgIpc) is 1.66. The molecule has 0 saturated carbocycles. The summed E-state index contributed by atoms with van der Waals surface area (Å²) in [5, 5.41) is 8.60. The third-order valence-electron chi connectivity index (χ3n) is 23.1. The summed E-state index contributed by atoms with van der Waals surface area (Å²) in [6.07, 6.45) is 21.7. The number of aromatic amines is 3. The Kier molecular flexibility index (Phi) is 34.1. The molecular weight excluding hydrogens is 1590 g/mol. The highest BCUT2D eigenvalue weighted by Gasteiger charge is 2.17. The number of para-hydroxylation sites is 2. The Labute approximate surface area is 763 Å². The number of aromatic nitrogens is 20. The second-order valence-corrected chi connectivity index (χ2v) is 35.8. The lowest BCUT2D eigenvalue weighted by Crippen LogP contribution is -2.10. The topological polar surface area (TPSA) is 220 Å². The minimum absolute atomic E-state index is 0. The highest BCUT2D eigenvalue weighted by Crippen LogP contribution is 2.31. The number of nitrogens with zero attached hydrogens (tertiary/aromatic N) is 17. The van der Waals surface area contributed by atoms with E-state index in [1.54, 1.807) is 25.8 Å². The van der Waals surface area contributed by atoms with E-state index in [4.69, 9.17) is 4.84 Å². The maximum atomic E-state index is 5.38. The van der Waals surface area contributed by atoms with Crippen LogP contribution in [0, 0.1) is 0 Å². The van der Waals surface area contributed by atoms with Crippen LogP contribution in [0.5, 0.6) is 0 Å². The first-order chi connectivity index (χ1) is 61.2. The van der Waals surface area contributed by atoms with Crippen molar-refractivity contribution in [2.45, 2.75) is 205 Å². The van der Waals surface area contributed by atoms with Crippen LogP contribution in [0.25, 0.3) is 110 Å². The standard InChI is InChI=1S/C12H15NO.C12H15N.3C11H14N2.2C10H13N3.3C10H12N2.CH4/c1-9(2)12-8-10-6-4-5-7-11(10)13(12)14-3;1-9(2)12-8-10-6-4-5-7-11(10)13(12)3;1-8(2)10-6-9-4-5-12-7-11(9)13(10)3;1-8(2)11-7-9-10(13(11)3)5-4-6-12-9;1-8(2)10-7-9-5-4-6-12-11(9)13(10)3;1-7(2)9-4-8-5-11-6-12-10(8)13(9)3;1-7(2)9-6-8-10(13(9)3)12-5-4-11-8;1-7(2)10-5-8-6-11-4-3-9(8)12-10;1-7(2)9-6-10-8(12-9)4-3-5-11-10;1-7(2)9-6-8-4-3-5-11-10(8)12-9;/h4-9H,1-3H3;4-9H,1-3H3;3*4-8H,1-3H3;2*4-7H,1-3H3;2*3-7,12H,1-2H3;3-7H,1-2H3,(H,11,12);1H4.